The molecule has 0 aromatic heterocycles. The molecule has 1 rings (SSSR count). The Balaban J connectivity index is 3.29. The van der Waals surface area contributed by atoms with Crippen molar-refractivity contribution in [2.45, 2.75) is 4.45 Å². The highest BCUT2D eigenvalue weighted by Crippen LogP contribution is 2.33. The molecular weight excluding hydrogens is 367 g/mol. The van der Waals surface area contributed by atoms with Crippen LogP contribution in [0.5, 0.6) is 0 Å². The Kier molecular flexibility index (Phi) is 2.95. The van der Waals surface area contributed by atoms with Gasteiger partial charge in [-0.3, -0.25) is 0 Å². The van der Waals surface area contributed by atoms with Gasteiger partial charge in [-0.15, -0.1) is 0 Å². The van der Waals surface area contributed by atoms with Gasteiger partial charge in [0.15, 0.2) is 11.7 Å². The Morgan fingerprint density at radius 3 is 2.64 bits per heavy atom. The zero-order valence-electron chi connectivity index (χ0n) is 7.16. The minimum atomic E-state index is -1.51. The average molecular weight is 375 g/mol. The highest BCUT2D eigenvalue weighted by molar-refractivity contribution is 14.1. The molecule has 1 aliphatic heterocycles. The second-order valence-electron chi connectivity index (χ2n) is 2.66. The summed E-state index contributed by atoms with van der Waals surface area (Å²) in [5.74, 6) is -1.02. The van der Waals surface area contributed by atoms with Crippen LogP contribution in [0.1, 0.15) is 0 Å². The molecule has 0 saturated carbocycles. The second kappa shape index (κ2) is 3.57. The molecule has 1 unspecified atom stereocenters. The predicted octanol–water partition coefficient (Wildman–Crippen LogP) is -0.0149. The van der Waals surface area contributed by atoms with Crippen LogP contribution < -0.4 is 11.5 Å². The standard InChI is InChI=1S/C6H8BrIN4O2/c1-12-2(8)3(9)11-4(10)6(12,7)5(13)14/h9H2,1H3,(H2,10,11)(H,13,14). The van der Waals surface area contributed by atoms with Crippen LogP contribution in [0.25, 0.3) is 0 Å². The monoisotopic (exact) mass is 374 g/mol. The van der Waals surface area contributed by atoms with E-state index in [1.54, 1.807) is 7.05 Å². The number of halogens is 2. The van der Waals surface area contributed by atoms with Gasteiger partial charge >= 0.3 is 5.97 Å². The van der Waals surface area contributed by atoms with E-state index in [0.717, 1.165) is 0 Å². The summed E-state index contributed by atoms with van der Waals surface area (Å²) in [6.07, 6.45) is 0. The first-order valence-electron chi connectivity index (χ1n) is 3.47. The minimum Gasteiger partial charge on any atom is -0.478 e. The number of amidine groups is 1. The Hall–Kier alpha value is -0.510. The van der Waals surface area contributed by atoms with Crippen molar-refractivity contribution < 1.29 is 9.90 Å². The zero-order valence-corrected chi connectivity index (χ0v) is 10.9. The third-order valence-corrected chi connectivity index (χ3v) is 4.39. The second-order valence-corrected chi connectivity index (χ2v) is 4.83. The number of aliphatic carboxylic acids is 1. The Bertz CT molecular complexity index is 356. The van der Waals surface area contributed by atoms with Crippen LogP contribution in [0.2, 0.25) is 0 Å². The van der Waals surface area contributed by atoms with Crippen LogP contribution in [0.4, 0.5) is 0 Å². The molecule has 0 aromatic carbocycles. The van der Waals surface area contributed by atoms with Gasteiger partial charge in [-0.1, -0.05) is 0 Å². The van der Waals surface area contributed by atoms with E-state index in [-0.39, 0.29) is 11.7 Å². The number of nitrogens with two attached hydrogens (primary N) is 2. The molecule has 1 heterocycles. The summed E-state index contributed by atoms with van der Waals surface area (Å²) in [5.41, 5.74) is 11.0. The highest BCUT2D eigenvalue weighted by Gasteiger charge is 2.47. The van der Waals surface area contributed by atoms with Crippen molar-refractivity contribution in [3.8, 4) is 0 Å². The first-order chi connectivity index (χ1) is 6.31. The molecule has 78 valence electrons. The third-order valence-electron chi connectivity index (χ3n) is 1.83. The van der Waals surface area contributed by atoms with Crippen LogP contribution in [0.15, 0.2) is 14.5 Å². The fraction of sp³-hybridized carbons (Fsp3) is 0.333. The zero-order chi connectivity index (χ0) is 11.1. The van der Waals surface area contributed by atoms with Crippen molar-refractivity contribution in [2.24, 2.45) is 16.5 Å². The van der Waals surface area contributed by atoms with Crippen molar-refractivity contribution in [1.82, 2.24) is 4.90 Å². The van der Waals surface area contributed by atoms with E-state index in [4.69, 9.17) is 16.6 Å². The van der Waals surface area contributed by atoms with Crippen molar-refractivity contribution in [3.05, 3.63) is 9.52 Å². The average Bonchev–Trinajstić information content (AvgIpc) is 2.11. The lowest BCUT2D eigenvalue weighted by molar-refractivity contribution is -0.140. The van der Waals surface area contributed by atoms with E-state index >= 15 is 0 Å². The predicted molar refractivity (Wildman–Crippen MR) is 63.9 cm³/mol. The highest BCUT2D eigenvalue weighted by atomic mass is 127. The Labute approximate surface area is 102 Å². The number of alkyl halides is 1. The number of hydrogen-bond acceptors (Lipinski definition) is 5. The van der Waals surface area contributed by atoms with Crippen LogP contribution in [-0.2, 0) is 4.79 Å². The smallest absolute Gasteiger partial charge is 0.348 e. The number of hydrogen-bond donors (Lipinski definition) is 3. The molecule has 14 heavy (non-hydrogen) atoms. The molecule has 1 aliphatic rings. The van der Waals surface area contributed by atoms with Gasteiger partial charge in [-0.05, 0) is 38.5 Å². The summed E-state index contributed by atoms with van der Waals surface area (Å²) in [5, 5.41) is 9.03. The van der Waals surface area contributed by atoms with Crippen LogP contribution in [-0.4, -0.2) is 33.3 Å². The van der Waals surface area contributed by atoms with E-state index in [0.29, 0.717) is 3.70 Å². The quantitative estimate of drug-likeness (QED) is 0.340. The molecule has 0 saturated heterocycles. The lowest BCUT2D eigenvalue weighted by atomic mass is 10.2. The number of carboxylic acid groups (broad SMARTS) is 1. The van der Waals surface area contributed by atoms with Gasteiger partial charge in [0, 0.05) is 7.05 Å². The first-order valence-corrected chi connectivity index (χ1v) is 5.35. The van der Waals surface area contributed by atoms with Crippen molar-refractivity contribution in [1.29, 1.82) is 0 Å². The number of rotatable bonds is 1. The van der Waals surface area contributed by atoms with E-state index in [2.05, 4.69) is 20.9 Å². The molecule has 0 aliphatic carbocycles. The molecule has 0 radical (unpaired) electrons. The number of aliphatic imine (C=N–C) groups is 1. The minimum absolute atomic E-state index is 0.0922. The van der Waals surface area contributed by atoms with Gasteiger partial charge < -0.3 is 21.5 Å². The molecule has 0 amide bonds. The van der Waals surface area contributed by atoms with E-state index in [1.807, 2.05) is 22.6 Å². The maximum absolute atomic E-state index is 11.0. The topological polar surface area (TPSA) is 105 Å². The Morgan fingerprint density at radius 2 is 2.21 bits per heavy atom. The molecule has 0 fully saturated rings. The summed E-state index contributed by atoms with van der Waals surface area (Å²) < 4.78 is -0.983. The van der Waals surface area contributed by atoms with E-state index in [1.165, 1.54) is 4.90 Å². The third kappa shape index (κ3) is 1.45. The van der Waals surface area contributed by atoms with Gasteiger partial charge in [0.2, 0.25) is 0 Å². The summed E-state index contributed by atoms with van der Waals surface area (Å²) in [7, 11) is 1.57. The van der Waals surface area contributed by atoms with Gasteiger partial charge in [-0.2, -0.15) is 0 Å². The number of carbonyl (C=O) groups is 1. The molecule has 5 N–H and O–H groups in total. The molecule has 6 nitrogen and oxygen atoms in total. The molecule has 0 bridgehead atoms. The summed E-state index contributed by atoms with van der Waals surface area (Å²) in [6, 6.07) is 0. The summed E-state index contributed by atoms with van der Waals surface area (Å²) in [6.45, 7) is 0. The fourth-order valence-corrected chi connectivity index (χ4v) is 2.06. The van der Waals surface area contributed by atoms with Gasteiger partial charge in [0.25, 0.3) is 4.45 Å². The van der Waals surface area contributed by atoms with Gasteiger partial charge in [-0.25, -0.2) is 9.79 Å². The summed E-state index contributed by atoms with van der Waals surface area (Å²) in [4.78, 5) is 16.2. The largest absolute Gasteiger partial charge is 0.478 e. The first kappa shape index (κ1) is 11.6. The maximum Gasteiger partial charge on any atom is 0.348 e. The number of nitrogens with zero attached hydrogens (tertiary/aromatic N) is 2. The number of likely N-dealkylation sites (N-methyl/N-ethyl adjacent to an activating group) is 1. The Morgan fingerprint density at radius 1 is 1.71 bits per heavy atom. The lowest BCUT2D eigenvalue weighted by Gasteiger charge is -2.36. The van der Waals surface area contributed by atoms with Gasteiger partial charge in [0.1, 0.15) is 3.70 Å². The van der Waals surface area contributed by atoms with Crippen molar-refractivity contribution in [2.75, 3.05) is 7.05 Å². The van der Waals surface area contributed by atoms with E-state index < -0.39 is 10.4 Å². The molecular formula is C6H8BrIN4O2. The van der Waals surface area contributed by atoms with Crippen LogP contribution in [0.3, 0.4) is 0 Å². The van der Waals surface area contributed by atoms with Crippen LogP contribution in [0, 0.1) is 0 Å². The lowest BCUT2D eigenvalue weighted by Crippen LogP contribution is -2.58. The fourth-order valence-electron chi connectivity index (χ4n) is 0.982. The van der Waals surface area contributed by atoms with Crippen LogP contribution >= 0.6 is 38.5 Å². The summed E-state index contributed by atoms with van der Waals surface area (Å²) >= 11 is 4.94. The molecule has 1 atom stereocenters. The van der Waals surface area contributed by atoms with Crippen molar-refractivity contribution in [3.63, 3.8) is 0 Å². The number of carboxylic acids is 1. The normalized spacial score (nSPS) is 27.6. The molecule has 8 heteroatoms. The SMILES string of the molecule is CN1C(I)=C(N)N=C(N)C1(Br)C(=O)O. The van der Waals surface area contributed by atoms with Crippen molar-refractivity contribution >= 4 is 50.3 Å². The molecule has 0 aromatic rings. The maximum atomic E-state index is 11.0. The van der Waals surface area contributed by atoms with Gasteiger partial charge in [0.05, 0.1) is 0 Å². The molecule has 0 spiro atoms. The van der Waals surface area contributed by atoms with E-state index in [9.17, 15) is 4.79 Å².